The molecule has 36 heavy (non-hydrogen) atoms. The van der Waals surface area contributed by atoms with Crippen molar-refractivity contribution in [2.75, 3.05) is 12.3 Å². The van der Waals surface area contributed by atoms with E-state index in [1.165, 1.54) is 22.4 Å². The molecule has 2 aliphatic heterocycles. The van der Waals surface area contributed by atoms with Gasteiger partial charge in [0.15, 0.2) is 12.1 Å². The molecule has 2 aromatic heterocycles. The van der Waals surface area contributed by atoms with E-state index in [1.54, 1.807) is 7.05 Å². The van der Waals surface area contributed by atoms with Gasteiger partial charge >= 0.3 is 27.3 Å². The number of aromatic nitrogens is 4. The zero-order valence-corrected chi connectivity index (χ0v) is 20.6. The van der Waals surface area contributed by atoms with Crippen molar-refractivity contribution >= 4 is 38.7 Å². The highest BCUT2D eigenvalue weighted by Gasteiger charge is 2.59. The number of nitrogens with zero attached hydrogens (tertiary/aromatic N) is 3. The van der Waals surface area contributed by atoms with E-state index in [0.29, 0.717) is 0 Å². The number of aromatic amines is 1. The molecule has 6 unspecified atom stereocenters. The lowest BCUT2D eigenvalue weighted by atomic mass is 10.1. The molecule has 200 valence electrons. The van der Waals surface area contributed by atoms with Gasteiger partial charge in [-0.25, -0.2) is 13.7 Å². The zero-order valence-electron chi connectivity index (χ0n) is 18.8. The van der Waals surface area contributed by atoms with E-state index < -0.39 is 64.1 Å². The van der Waals surface area contributed by atoms with Gasteiger partial charge in [-0.3, -0.25) is 23.7 Å². The molecule has 0 radical (unpaired) electrons. The Kier molecular flexibility index (Phi) is 6.89. The fourth-order valence-electron chi connectivity index (χ4n) is 4.17. The van der Waals surface area contributed by atoms with Gasteiger partial charge in [0.25, 0.3) is 11.5 Å². The highest BCUT2D eigenvalue weighted by Crippen LogP contribution is 2.58. The molecule has 2 fully saturated rings. The molecule has 0 spiro atoms. The van der Waals surface area contributed by atoms with Crippen molar-refractivity contribution in [1.82, 2.24) is 14.5 Å². The van der Waals surface area contributed by atoms with Crippen LogP contribution in [0.3, 0.4) is 0 Å². The van der Waals surface area contributed by atoms with Crippen LogP contribution >= 0.6 is 15.6 Å². The Morgan fingerprint density at radius 1 is 1.33 bits per heavy atom. The molecule has 4 rings (SSSR count). The number of nitrogen functional groups attached to an aromatic ring is 1. The van der Waals surface area contributed by atoms with Crippen molar-refractivity contribution in [2.24, 2.45) is 7.05 Å². The van der Waals surface area contributed by atoms with Crippen LogP contribution in [0.25, 0.3) is 11.2 Å². The van der Waals surface area contributed by atoms with Gasteiger partial charge in [-0.15, -0.1) is 0 Å². The minimum Gasteiger partial charge on any atom is -0.481 e. The topological polar surface area (TPSA) is 259 Å². The number of phosphoric ester groups is 1. The second kappa shape index (κ2) is 9.25. The first-order valence-electron chi connectivity index (χ1n) is 10.3. The first kappa shape index (κ1) is 26.8. The number of hydrogen-bond donors (Lipinski definition) is 6. The lowest BCUT2D eigenvalue weighted by Crippen LogP contribution is -2.46. The zero-order chi connectivity index (χ0) is 26.6. The number of ether oxygens (including phenoxy) is 3. The van der Waals surface area contributed by atoms with Crippen LogP contribution in [0, 0.1) is 0 Å². The first-order valence-corrected chi connectivity index (χ1v) is 13.3. The Morgan fingerprint density at radius 2 is 2.00 bits per heavy atom. The molecule has 4 heterocycles. The fourth-order valence-corrected chi connectivity index (χ4v) is 5.77. The lowest BCUT2D eigenvalue weighted by Gasteiger charge is -2.26. The molecule has 18 nitrogen and oxygen atoms in total. The third-order valence-corrected chi connectivity index (χ3v) is 7.68. The Bertz CT molecular complexity index is 1340. The van der Waals surface area contributed by atoms with Crippen molar-refractivity contribution in [2.45, 2.75) is 50.1 Å². The Hall–Kier alpha value is -2.24. The van der Waals surface area contributed by atoms with E-state index in [2.05, 4.69) is 14.3 Å². The Morgan fingerprint density at radius 3 is 2.64 bits per heavy atom. The molecule has 0 aromatic carbocycles. The number of nitrogens with two attached hydrogens (primary N) is 1. The number of carbonyl (C=O) groups is 1. The summed E-state index contributed by atoms with van der Waals surface area (Å²) in [6.45, 7) is 0.775. The van der Waals surface area contributed by atoms with E-state index in [0.717, 1.165) is 0 Å². The van der Waals surface area contributed by atoms with E-state index in [9.17, 15) is 23.6 Å². The number of aryl methyl sites for hydroxylation is 1. The number of carboxylic acids is 1. The number of fused-ring (bicyclic) bond motifs is 2. The summed E-state index contributed by atoms with van der Waals surface area (Å²) in [4.78, 5) is 57.3. The SMILES string of the molecule is Cn1c[n+](C2OC(COP(=O)(O)OP(=O)(O)O)C3OC(C)(CCC(=O)O)OC32)c2nc(N)[nH]c(=O)c21. The number of hydrogen-bond acceptors (Lipinski definition) is 11. The van der Waals surface area contributed by atoms with E-state index in [1.807, 2.05) is 0 Å². The van der Waals surface area contributed by atoms with E-state index in [4.69, 9.17) is 39.4 Å². The molecule has 0 aliphatic carbocycles. The monoisotopic (exact) mass is 556 g/mol. The average molecular weight is 556 g/mol. The molecule has 0 amide bonds. The van der Waals surface area contributed by atoms with Crippen LogP contribution in [0.2, 0.25) is 0 Å². The second-order valence-electron chi connectivity index (χ2n) is 8.35. The average Bonchev–Trinajstić information content (AvgIpc) is 3.33. The van der Waals surface area contributed by atoms with Crippen molar-refractivity contribution < 1.29 is 61.3 Å². The summed E-state index contributed by atoms with van der Waals surface area (Å²) in [5, 5.41) is 9.06. The minimum absolute atomic E-state index is 0.0550. The highest BCUT2D eigenvalue weighted by atomic mass is 31.3. The predicted octanol–water partition coefficient (Wildman–Crippen LogP) is -1.38. The van der Waals surface area contributed by atoms with Crippen LogP contribution in [0.5, 0.6) is 0 Å². The summed E-state index contributed by atoms with van der Waals surface area (Å²) in [5.74, 6) is -2.66. The summed E-state index contributed by atoms with van der Waals surface area (Å²) >= 11 is 0. The molecule has 0 bridgehead atoms. The van der Waals surface area contributed by atoms with Crippen molar-refractivity contribution in [3.63, 3.8) is 0 Å². The summed E-state index contributed by atoms with van der Waals surface area (Å²) in [7, 11) is -8.98. The number of carboxylic acid groups (broad SMARTS) is 1. The summed E-state index contributed by atoms with van der Waals surface area (Å²) < 4.78 is 52.2. The molecule has 7 N–H and O–H groups in total. The molecule has 2 saturated heterocycles. The van der Waals surface area contributed by atoms with Crippen LogP contribution in [-0.4, -0.2) is 71.0 Å². The van der Waals surface area contributed by atoms with Gasteiger partial charge in [-0.1, -0.05) is 4.98 Å². The van der Waals surface area contributed by atoms with Gasteiger partial charge in [0.05, 0.1) is 20.1 Å². The maximum absolute atomic E-state index is 12.4. The quantitative estimate of drug-likeness (QED) is 0.154. The molecule has 2 aromatic rings. The molecule has 20 heteroatoms. The van der Waals surface area contributed by atoms with Gasteiger partial charge in [0.1, 0.15) is 18.3 Å². The first-order chi connectivity index (χ1) is 16.6. The highest BCUT2D eigenvalue weighted by molar-refractivity contribution is 7.60. The number of H-pyrrole nitrogens is 1. The fraction of sp³-hybridized carbons (Fsp3) is 0.625. The maximum atomic E-state index is 12.4. The smallest absolute Gasteiger partial charge is 0.481 e. The second-order valence-corrected chi connectivity index (χ2v) is 11.2. The van der Waals surface area contributed by atoms with Gasteiger partial charge in [-0.05, 0) is 6.92 Å². The standard InChI is InChI=1S/C16H23N5O13P2/c1-16(4-3-8(22)23)32-10-7(5-30-36(28,29)34-35(25,26)27)31-14(11(10)33-16)21-6-20(2)9-12(21)18-15(17)19-13(9)24/h6-7,10-11,14H,3-5H2,1-2H3,(H6-,17,18,19,22,23,24,25,26,27,28,29)/p+1. The molecule has 0 saturated carbocycles. The molecule has 2 aliphatic rings. The van der Waals surface area contributed by atoms with Crippen LogP contribution in [-0.2, 0) is 44.0 Å². The summed E-state index contributed by atoms with van der Waals surface area (Å²) in [6, 6.07) is 0. The van der Waals surface area contributed by atoms with E-state index >= 15 is 0 Å². The van der Waals surface area contributed by atoms with Crippen molar-refractivity contribution in [3.8, 4) is 0 Å². The normalized spacial score (nSPS) is 29.9. The minimum atomic E-state index is -5.35. The van der Waals surface area contributed by atoms with Crippen LogP contribution in [0.1, 0.15) is 26.0 Å². The number of rotatable bonds is 9. The Labute approximate surface area is 201 Å². The van der Waals surface area contributed by atoms with Crippen molar-refractivity contribution in [1.29, 1.82) is 0 Å². The number of anilines is 1. The van der Waals surface area contributed by atoms with Gasteiger partial charge in [-0.2, -0.15) is 4.31 Å². The maximum Gasteiger partial charge on any atom is 0.481 e. The number of nitrogens with one attached hydrogen (secondary N) is 1. The van der Waals surface area contributed by atoms with Crippen LogP contribution in [0.15, 0.2) is 11.1 Å². The third-order valence-electron chi connectivity index (χ3n) is 5.52. The van der Waals surface area contributed by atoms with Crippen LogP contribution in [0.4, 0.5) is 5.95 Å². The summed E-state index contributed by atoms with van der Waals surface area (Å²) in [5.41, 5.74) is 5.43. The number of phosphoric acid groups is 2. The van der Waals surface area contributed by atoms with Gasteiger partial charge < -0.3 is 39.7 Å². The largest absolute Gasteiger partial charge is 0.481 e. The van der Waals surface area contributed by atoms with Gasteiger partial charge in [0.2, 0.25) is 11.7 Å². The van der Waals surface area contributed by atoms with Crippen molar-refractivity contribution in [3.05, 3.63) is 16.7 Å². The van der Waals surface area contributed by atoms with Crippen LogP contribution < -0.4 is 15.9 Å². The number of imidazole rings is 1. The molecular weight excluding hydrogens is 532 g/mol. The number of aliphatic carboxylic acids is 1. The van der Waals surface area contributed by atoms with E-state index in [-0.39, 0.29) is 30.0 Å². The third kappa shape index (κ3) is 5.52. The molecular formula is C16H24N5O13P2+. The lowest BCUT2D eigenvalue weighted by molar-refractivity contribution is -0.746. The predicted molar refractivity (Wildman–Crippen MR) is 114 cm³/mol. The van der Waals surface area contributed by atoms with Gasteiger partial charge in [0, 0.05) is 6.42 Å². The Balaban J connectivity index is 1.67. The molecule has 6 atom stereocenters. The summed E-state index contributed by atoms with van der Waals surface area (Å²) in [6.07, 6.45) is -3.04.